The summed E-state index contributed by atoms with van der Waals surface area (Å²) in [6, 6.07) is 0.803. The lowest BCUT2D eigenvalue weighted by atomic mass is 9.61. The van der Waals surface area contributed by atoms with E-state index in [0.717, 1.165) is 17.4 Å². The van der Waals surface area contributed by atoms with E-state index in [2.05, 4.69) is 21.9 Å². The summed E-state index contributed by atoms with van der Waals surface area (Å²) in [5.74, 6) is 2.13. The normalized spacial score (nSPS) is 29.8. The highest BCUT2D eigenvalue weighted by atomic mass is 32.2. The monoisotopic (exact) mass is 241 g/mol. The van der Waals surface area contributed by atoms with Crippen molar-refractivity contribution in [1.82, 2.24) is 14.9 Å². The first-order valence-corrected chi connectivity index (χ1v) is 7.59. The third kappa shape index (κ3) is 2.13. The van der Waals surface area contributed by atoms with Crippen LogP contribution >= 0.6 is 11.9 Å². The van der Waals surface area contributed by atoms with Crippen molar-refractivity contribution in [2.24, 2.45) is 11.3 Å². The number of likely N-dealkylation sites (tertiary alicyclic amines) is 1. The zero-order chi connectivity index (χ0) is 11.0. The third-order valence-corrected chi connectivity index (χ3v) is 5.04. The minimum Gasteiger partial charge on any atom is -0.316 e. The summed E-state index contributed by atoms with van der Waals surface area (Å²) in [5.41, 5.74) is 0.725. The van der Waals surface area contributed by atoms with Crippen LogP contribution in [-0.2, 0) is 0 Å². The first-order valence-electron chi connectivity index (χ1n) is 6.60. The fourth-order valence-corrected chi connectivity index (χ4v) is 3.97. The SMILES string of the molecule is CCSNC1CC2(C1)CN(CC1CNC1)C2. The summed E-state index contributed by atoms with van der Waals surface area (Å²) >= 11 is 1.88. The van der Waals surface area contributed by atoms with E-state index in [1.807, 2.05) is 11.9 Å². The van der Waals surface area contributed by atoms with Gasteiger partial charge in [0.25, 0.3) is 0 Å². The van der Waals surface area contributed by atoms with Crippen LogP contribution in [0.2, 0.25) is 0 Å². The van der Waals surface area contributed by atoms with Crippen LogP contribution in [0.15, 0.2) is 0 Å². The van der Waals surface area contributed by atoms with E-state index in [-0.39, 0.29) is 0 Å². The highest BCUT2D eigenvalue weighted by Crippen LogP contribution is 2.48. The molecule has 4 heteroatoms. The fraction of sp³-hybridized carbons (Fsp3) is 1.00. The highest BCUT2D eigenvalue weighted by Gasteiger charge is 2.52. The van der Waals surface area contributed by atoms with Crippen molar-refractivity contribution in [1.29, 1.82) is 0 Å². The molecule has 2 heterocycles. The molecule has 1 aliphatic carbocycles. The van der Waals surface area contributed by atoms with Gasteiger partial charge in [-0.1, -0.05) is 18.9 Å². The highest BCUT2D eigenvalue weighted by molar-refractivity contribution is 7.97. The topological polar surface area (TPSA) is 27.3 Å². The lowest BCUT2D eigenvalue weighted by Gasteiger charge is -2.60. The molecule has 1 spiro atoms. The Hall–Kier alpha value is 0.230. The van der Waals surface area contributed by atoms with Crippen molar-refractivity contribution in [2.75, 3.05) is 38.5 Å². The number of rotatable bonds is 5. The van der Waals surface area contributed by atoms with Gasteiger partial charge >= 0.3 is 0 Å². The van der Waals surface area contributed by atoms with Crippen molar-refractivity contribution in [3.05, 3.63) is 0 Å². The Balaban J connectivity index is 1.32. The van der Waals surface area contributed by atoms with Crippen molar-refractivity contribution < 1.29 is 0 Å². The molecule has 0 aromatic carbocycles. The molecule has 1 saturated carbocycles. The van der Waals surface area contributed by atoms with Crippen molar-refractivity contribution in [3.8, 4) is 0 Å². The second-order valence-corrected chi connectivity index (χ2v) is 6.95. The predicted molar refractivity (Wildman–Crippen MR) is 69.5 cm³/mol. The molecule has 2 aliphatic heterocycles. The zero-order valence-corrected chi connectivity index (χ0v) is 11.0. The van der Waals surface area contributed by atoms with Crippen LogP contribution in [0.5, 0.6) is 0 Å². The van der Waals surface area contributed by atoms with Crippen LogP contribution in [0.25, 0.3) is 0 Å². The van der Waals surface area contributed by atoms with Crippen molar-refractivity contribution >= 4 is 11.9 Å². The summed E-state index contributed by atoms with van der Waals surface area (Å²) in [6.07, 6.45) is 2.83. The summed E-state index contributed by atoms with van der Waals surface area (Å²) in [7, 11) is 0. The molecule has 0 aromatic heterocycles. The maximum absolute atomic E-state index is 3.56. The molecular formula is C12H23N3S. The van der Waals surface area contributed by atoms with E-state index in [4.69, 9.17) is 0 Å². The number of nitrogens with zero attached hydrogens (tertiary/aromatic N) is 1. The van der Waals surface area contributed by atoms with Gasteiger partial charge in [0.05, 0.1) is 0 Å². The summed E-state index contributed by atoms with van der Waals surface area (Å²) in [5, 5.41) is 3.35. The van der Waals surface area contributed by atoms with Crippen molar-refractivity contribution in [3.63, 3.8) is 0 Å². The van der Waals surface area contributed by atoms with E-state index in [0.29, 0.717) is 0 Å². The number of hydrogen-bond acceptors (Lipinski definition) is 4. The lowest BCUT2D eigenvalue weighted by Crippen LogP contribution is -2.67. The molecule has 3 rings (SSSR count). The minimum atomic E-state index is 0.725. The Bertz CT molecular complexity index is 241. The minimum absolute atomic E-state index is 0.725. The summed E-state index contributed by atoms with van der Waals surface area (Å²) < 4.78 is 3.56. The quantitative estimate of drug-likeness (QED) is 0.700. The zero-order valence-electron chi connectivity index (χ0n) is 10.2. The van der Waals surface area contributed by atoms with Crippen LogP contribution in [0.3, 0.4) is 0 Å². The van der Waals surface area contributed by atoms with E-state index >= 15 is 0 Å². The number of nitrogens with one attached hydrogen (secondary N) is 2. The van der Waals surface area contributed by atoms with E-state index in [9.17, 15) is 0 Å². The van der Waals surface area contributed by atoms with E-state index in [1.165, 1.54) is 51.3 Å². The van der Waals surface area contributed by atoms with Gasteiger partial charge in [-0.25, -0.2) is 0 Å². The molecule has 0 atom stereocenters. The molecule has 3 nitrogen and oxygen atoms in total. The first-order chi connectivity index (χ1) is 7.80. The van der Waals surface area contributed by atoms with Gasteiger partial charge in [0.2, 0.25) is 0 Å². The first kappa shape index (κ1) is 11.3. The van der Waals surface area contributed by atoms with Gasteiger partial charge in [0.1, 0.15) is 0 Å². The molecule has 3 fully saturated rings. The average molecular weight is 241 g/mol. The Morgan fingerprint density at radius 3 is 2.69 bits per heavy atom. The van der Waals surface area contributed by atoms with Gasteiger partial charge in [0, 0.05) is 44.5 Å². The lowest BCUT2D eigenvalue weighted by molar-refractivity contribution is -0.0821. The molecule has 92 valence electrons. The Morgan fingerprint density at radius 2 is 2.12 bits per heavy atom. The largest absolute Gasteiger partial charge is 0.316 e. The standard InChI is InChI=1S/C12H23N3S/c1-2-16-14-11-3-12(4-11)8-15(9-12)7-10-5-13-6-10/h10-11,13-14H,2-9H2,1H3. The molecule has 0 bridgehead atoms. The number of hydrogen-bond donors (Lipinski definition) is 2. The third-order valence-electron chi connectivity index (χ3n) is 4.25. The summed E-state index contributed by atoms with van der Waals surface area (Å²) in [4.78, 5) is 2.66. The molecule has 0 unspecified atom stereocenters. The second-order valence-electron chi connectivity index (χ2n) is 5.85. The van der Waals surface area contributed by atoms with Crippen LogP contribution in [0, 0.1) is 11.3 Å². The van der Waals surface area contributed by atoms with Gasteiger partial charge in [-0.3, -0.25) is 4.72 Å². The molecule has 2 saturated heterocycles. The van der Waals surface area contributed by atoms with Crippen molar-refractivity contribution in [2.45, 2.75) is 25.8 Å². The Kier molecular flexibility index (Phi) is 3.17. The molecule has 0 amide bonds. The van der Waals surface area contributed by atoms with E-state index < -0.39 is 0 Å². The molecule has 0 radical (unpaired) electrons. The molecule has 0 aromatic rings. The van der Waals surface area contributed by atoms with Gasteiger partial charge in [-0.15, -0.1) is 0 Å². The fourth-order valence-electron chi connectivity index (χ4n) is 3.40. The maximum atomic E-state index is 3.56. The van der Waals surface area contributed by atoms with Gasteiger partial charge in [-0.05, 0) is 24.2 Å². The molecule has 16 heavy (non-hydrogen) atoms. The van der Waals surface area contributed by atoms with Gasteiger partial charge in [0.15, 0.2) is 0 Å². The molecule has 2 N–H and O–H groups in total. The van der Waals surface area contributed by atoms with Crippen LogP contribution in [0.1, 0.15) is 19.8 Å². The Morgan fingerprint density at radius 1 is 1.38 bits per heavy atom. The predicted octanol–water partition coefficient (Wildman–Crippen LogP) is 0.928. The van der Waals surface area contributed by atoms with Gasteiger partial charge in [-0.2, -0.15) is 0 Å². The molecular weight excluding hydrogens is 218 g/mol. The van der Waals surface area contributed by atoms with Gasteiger partial charge < -0.3 is 10.2 Å². The van der Waals surface area contributed by atoms with E-state index in [1.54, 1.807) is 0 Å². The van der Waals surface area contributed by atoms with Crippen LogP contribution < -0.4 is 10.0 Å². The molecule has 3 aliphatic rings. The maximum Gasteiger partial charge on any atom is 0.0184 e. The van der Waals surface area contributed by atoms with Crippen LogP contribution in [0.4, 0.5) is 0 Å². The smallest absolute Gasteiger partial charge is 0.0184 e. The Labute approximate surface area is 103 Å². The second kappa shape index (κ2) is 4.48. The summed E-state index contributed by atoms with van der Waals surface area (Å²) in [6.45, 7) is 8.80. The average Bonchev–Trinajstić information content (AvgIpc) is 2.09. The van der Waals surface area contributed by atoms with Crippen LogP contribution in [-0.4, -0.2) is 49.4 Å².